The molecular formula is C42H76O6. The minimum atomic E-state index is -0.793. The molecule has 0 heterocycles. The number of unbranched alkanes of at least 4 members (excludes halogenated alkanes) is 24. The molecule has 0 spiro atoms. The van der Waals surface area contributed by atoms with Crippen molar-refractivity contribution in [2.45, 2.75) is 213 Å². The van der Waals surface area contributed by atoms with Gasteiger partial charge in [0.2, 0.25) is 0 Å². The number of hydrogen-bond donors (Lipinski definition) is 1. The fourth-order valence-electron chi connectivity index (χ4n) is 5.83. The van der Waals surface area contributed by atoms with Gasteiger partial charge in [0.15, 0.2) is 11.9 Å². The molecule has 0 saturated carbocycles. The number of rotatable bonds is 37. The molecule has 0 aromatic heterocycles. The van der Waals surface area contributed by atoms with E-state index in [2.05, 4.69) is 19.9 Å². The van der Waals surface area contributed by atoms with Crippen LogP contribution in [0.5, 0.6) is 0 Å². The van der Waals surface area contributed by atoms with Crippen LogP contribution in [0, 0.1) is 0 Å². The van der Waals surface area contributed by atoms with Gasteiger partial charge in [-0.2, -0.15) is 0 Å². The molecule has 6 nitrogen and oxygen atoms in total. The van der Waals surface area contributed by atoms with Crippen LogP contribution in [0.3, 0.4) is 0 Å². The van der Waals surface area contributed by atoms with Crippen LogP contribution in [-0.4, -0.2) is 42.1 Å². The van der Waals surface area contributed by atoms with Crippen molar-refractivity contribution in [2.24, 2.45) is 0 Å². The second kappa shape index (κ2) is 37.9. The van der Waals surface area contributed by atoms with E-state index >= 15 is 0 Å². The molecular weight excluding hydrogens is 600 g/mol. The van der Waals surface area contributed by atoms with Crippen molar-refractivity contribution in [1.29, 1.82) is 0 Å². The number of aliphatic hydroxyl groups excluding tert-OH is 1. The predicted molar refractivity (Wildman–Crippen MR) is 201 cm³/mol. The Bertz CT molecular complexity index is 789. The van der Waals surface area contributed by atoms with Crippen LogP contribution in [0.1, 0.15) is 206 Å². The van der Waals surface area contributed by atoms with Gasteiger partial charge in [-0.25, -0.2) is 0 Å². The molecule has 0 radical (unpaired) electrons. The van der Waals surface area contributed by atoms with Crippen LogP contribution in [0.4, 0.5) is 0 Å². The first-order valence-corrected chi connectivity index (χ1v) is 20.3. The Morgan fingerprint density at radius 3 is 1.44 bits per heavy atom. The smallest absolute Gasteiger partial charge is 0.306 e. The van der Waals surface area contributed by atoms with E-state index in [1.54, 1.807) is 6.08 Å². The lowest BCUT2D eigenvalue weighted by molar-refractivity contribution is -0.161. The maximum absolute atomic E-state index is 12.2. The van der Waals surface area contributed by atoms with Crippen LogP contribution < -0.4 is 0 Å². The maximum Gasteiger partial charge on any atom is 0.306 e. The van der Waals surface area contributed by atoms with Gasteiger partial charge in [-0.05, 0) is 38.2 Å². The van der Waals surface area contributed by atoms with Gasteiger partial charge in [-0.1, -0.05) is 173 Å². The molecule has 0 aliphatic rings. The Balaban J connectivity index is 3.58. The summed E-state index contributed by atoms with van der Waals surface area (Å²) >= 11 is 0. The molecule has 0 unspecified atom stereocenters. The molecule has 6 heteroatoms. The molecule has 48 heavy (non-hydrogen) atoms. The van der Waals surface area contributed by atoms with Gasteiger partial charge >= 0.3 is 11.9 Å². The van der Waals surface area contributed by atoms with E-state index < -0.39 is 6.10 Å². The number of esters is 2. The van der Waals surface area contributed by atoms with Crippen molar-refractivity contribution >= 4 is 17.7 Å². The predicted octanol–water partition coefficient (Wildman–Crippen LogP) is 11.9. The van der Waals surface area contributed by atoms with Crippen molar-refractivity contribution in [3.05, 3.63) is 24.3 Å². The third kappa shape index (κ3) is 35.4. The topological polar surface area (TPSA) is 89.9 Å². The lowest BCUT2D eigenvalue weighted by Gasteiger charge is -2.15. The molecule has 0 aromatic carbocycles. The molecule has 0 fully saturated rings. The summed E-state index contributed by atoms with van der Waals surface area (Å²) in [6, 6.07) is 0. The highest BCUT2D eigenvalue weighted by Crippen LogP contribution is 2.15. The van der Waals surface area contributed by atoms with Gasteiger partial charge in [0.1, 0.15) is 6.61 Å². The van der Waals surface area contributed by atoms with E-state index in [9.17, 15) is 19.5 Å². The summed E-state index contributed by atoms with van der Waals surface area (Å²) in [7, 11) is 0. The van der Waals surface area contributed by atoms with Crippen LogP contribution in [0.2, 0.25) is 0 Å². The van der Waals surface area contributed by atoms with Gasteiger partial charge in [0, 0.05) is 19.3 Å². The Morgan fingerprint density at radius 1 is 0.521 bits per heavy atom. The average Bonchev–Trinajstić information content (AvgIpc) is 3.08. The molecule has 0 aliphatic carbocycles. The highest BCUT2D eigenvalue weighted by Gasteiger charge is 2.16. The zero-order chi connectivity index (χ0) is 35.2. The number of carbonyl (C=O) groups is 3. The van der Waals surface area contributed by atoms with Gasteiger partial charge in [0.25, 0.3) is 0 Å². The first-order valence-electron chi connectivity index (χ1n) is 20.3. The second-order valence-corrected chi connectivity index (χ2v) is 13.8. The number of hydrogen-bond acceptors (Lipinski definition) is 6. The molecule has 1 atom stereocenters. The van der Waals surface area contributed by atoms with Crippen LogP contribution >= 0.6 is 0 Å². The van der Waals surface area contributed by atoms with Crippen molar-refractivity contribution < 1.29 is 29.0 Å². The molecule has 0 rings (SSSR count). The van der Waals surface area contributed by atoms with Gasteiger partial charge in [0.05, 0.1) is 6.61 Å². The van der Waals surface area contributed by atoms with Gasteiger partial charge in [-0.3, -0.25) is 14.4 Å². The minimum absolute atomic E-state index is 0.0919. The van der Waals surface area contributed by atoms with E-state index in [1.165, 1.54) is 96.3 Å². The third-order valence-corrected chi connectivity index (χ3v) is 8.97. The molecule has 0 aromatic rings. The minimum Gasteiger partial charge on any atom is -0.462 e. The summed E-state index contributed by atoms with van der Waals surface area (Å²) in [5, 5.41) is 9.55. The van der Waals surface area contributed by atoms with E-state index in [0.29, 0.717) is 19.3 Å². The summed E-state index contributed by atoms with van der Waals surface area (Å²) in [6.07, 6.45) is 40.7. The Labute approximate surface area is 296 Å². The van der Waals surface area contributed by atoms with E-state index in [4.69, 9.17) is 9.47 Å². The largest absolute Gasteiger partial charge is 0.462 e. The number of ketones is 1. The lowest BCUT2D eigenvalue weighted by Crippen LogP contribution is -2.28. The third-order valence-electron chi connectivity index (χ3n) is 8.97. The first-order chi connectivity index (χ1) is 23.5. The zero-order valence-corrected chi connectivity index (χ0v) is 31.5. The highest BCUT2D eigenvalue weighted by atomic mass is 16.6. The van der Waals surface area contributed by atoms with Gasteiger partial charge in [-0.15, -0.1) is 0 Å². The number of carbonyl (C=O) groups excluding carboxylic acids is 3. The number of aliphatic hydroxyl groups is 1. The van der Waals surface area contributed by atoms with Crippen LogP contribution in [0.25, 0.3) is 0 Å². The van der Waals surface area contributed by atoms with E-state index in [1.807, 2.05) is 12.2 Å². The fourth-order valence-corrected chi connectivity index (χ4v) is 5.83. The Morgan fingerprint density at radius 2 is 0.938 bits per heavy atom. The second-order valence-electron chi connectivity index (χ2n) is 13.8. The molecule has 280 valence electrons. The maximum atomic E-state index is 12.2. The monoisotopic (exact) mass is 677 g/mol. The van der Waals surface area contributed by atoms with Crippen LogP contribution in [0.15, 0.2) is 24.3 Å². The van der Waals surface area contributed by atoms with E-state index in [0.717, 1.165) is 77.0 Å². The molecule has 0 bridgehead atoms. The molecule has 1 N–H and O–H groups in total. The van der Waals surface area contributed by atoms with Crippen molar-refractivity contribution in [1.82, 2.24) is 0 Å². The quantitative estimate of drug-likeness (QED) is 0.0305. The van der Waals surface area contributed by atoms with Crippen molar-refractivity contribution in [3.8, 4) is 0 Å². The first kappa shape index (κ1) is 46.0. The van der Waals surface area contributed by atoms with Crippen molar-refractivity contribution in [3.63, 3.8) is 0 Å². The van der Waals surface area contributed by atoms with Crippen LogP contribution in [-0.2, 0) is 23.9 Å². The normalized spacial score (nSPS) is 12.2. The number of allylic oxidation sites excluding steroid dienone is 4. The summed E-state index contributed by atoms with van der Waals surface area (Å²) in [5.74, 6) is -0.444. The summed E-state index contributed by atoms with van der Waals surface area (Å²) in [6.45, 7) is 3.97. The Kier molecular flexibility index (Phi) is 36.3. The van der Waals surface area contributed by atoms with Crippen molar-refractivity contribution in [2.75, 3.05) is 13.2 Å². The highest BCUT2D eigenvalue weighted by molar-refractivity contribution is 5.89. The molecule has 0 amide bonds. The zero-order valence-electron chi connectivity index (χ0n) is 31.5. The Hall–Kier alpha value is -1.95. The lowest BCUT2D eigenvalue weighted by atomic mass is 10.0. The number of ether oxygens (including phenoxy) is 2. The molecule has 0 saturated heterocycles. The standard InChI is InChI=1S/C42H76O6/c1-3-5-7-8-9-10-11-12-13-14-15-16-17-18-21-25-28-32-36-42(46)48-40(37-43)38-47-41(45)35-31-27-24-22-19-20-23-26-30-34-39(44)33-29-6-4-2/h23,26,30,34,40,43H,3-22,24-25,27-29,31-33,35-38H2,1-2H3/b26-23-,34-30+/t40-/m0/s1. The van der Waals surface area contributed by atoms with Gasteiger partial charge < -0.3 is 14.6 Å². The summed E-state index contributed by atoms with van der Waals surface area (Å²) in [4.78, 5) is 35.9. The SMILES string of the molecule is CCCCCCCCCCCCCCCCCCCCC(=O)O[C@@H](CO)COC(=O)CCCCCCC/C=C\C=C\C(=O)CCCCC. The van der Waals surface area contributed by atoms with E-state index in [-0.39, 0.29) is 30.9 Å². The summed E-state index contributed by atoms with van der Waals surface area (Å²) in [5.41, 5.74) is 0. The fraction of sp³-hybridized carbons (Fsp3) is 0.833. The average molecular weight is 677 g/mol. The summed E-state index contributed by atoms with van der Waals surface area (Å²) < 4.78 is 10.6. The molecule has 0 aliphatic heterocycles.